The fourth-order valence-electron chi connectivity index (χ4n) is 2.04. The lowest BCUT2D eigenvalue weighted by molar-refractivity contribution is -0.121. The highest BCUT2D eigenvalue weighted by molar-refractivity contribution is 6.76. The normalized spacial score (nSPS) is 24.1. The quantitative estimate of drug-likeness (QED) is 0.490. The van der Waals surface area contributed by atoms with E-state index in [-0.39, 0.29) is 5.78 Å². The molecular weight excluding hydrogens is 368 g/mol. The predicted octanol–water partition coefficient (Wildman–Crippen LogP) is 4.03. The number of nitrogens with one attached hydrogen (secondary N) is 1. The van der Waals surface area contributed by atoms with Crippen molar-refractivity contribution in [1.29, 1.82) is 0 Å². The second kappa shape index (κ2) is 6.63. The minimum Gasteiger partial charge on any atom is -0.329 e. The van der Waals surface area contributed by atoms with Crippen LogP contribution in [0.1, 0.15) is 10.4 Å². The number of alkyl halides is 4. The molecule has 0 heterocycles. The van der Waals surface area contributed by atoms with Gasteiger partial charge in [-0.15, -0.1) is 0 Å². The maximum Gasteiger partial charge on any atom is 0.273 e. The van der Waals surface area contributed by atoms with Gasteiger partial charge in [0.1, 0.15) is 5.00 Å². The van der Waals surface area contributed by atoms with Crippen molar-refractivity contribution in [1.82, 2.24) is 5.32 Å². The van der Waals surface area contributed by atoms with Crippen molar-refractivity contribution >= 4 is 58.1 Å². The minimum absolute atomic E-state index is 0.249. The summed E-state index contributed by atoms with van der Waals surface area (Å²) in [5, 5.41) is 2.41. The van der Waals surface area contributed by atoms with Crippen LogP contribution in [0.25, 0.3) is 0 Å². The fraction of sp³-hybridized carbons (Fsp3) is 0.200. The van der Waals surface area contributed by atoms with E-state index in [1.807, 2.05) is 0 Å². The summed E-state index contributed by atoms with van der Waals surface area (Å²) in [5.41, 5.74) is 0.473. The molecule has 116 valence electrons. The Kier molecular flexibility index (Phi) is 5.23. The number of hydrogen-bond donors (Lipinski definition) is 1. The smallest absolute Gasteiger partial charge is 0.273 e. The number of carbonyl (C=O) groups is 2. The third-order valence-corrected chi connectivity index (χ3v) is 4.08. The maximum atomic E-state index is 12.6. The number of halogens is 4. The Morgan fingerprint density at radius 2 is 1.73 bits per heavy atom. The lowest BCUT2D eigenvalue weighted by atomic mass is 9.87. The number of Topliss-reactive ketones (excluding diaryl/α,β-unsaturated/α-hetero) is 1. The van der Waals surface area contributed by atoms with Crippen molar-refractivity contribution in [3.05, 3.63) is 60.2 Å². The van der Waals surface area contributed by atoms with Crippen LogP contribution in [0, 0.1) is 5.92 Å². The molecule has 0 radical (unpaired) electrons. The van der Waals surface area contributed by atoms with Crippen LogP contribution in [0.5, 0.6) is 0 Å². The lowest BCUT2D eigenvalue weighted by Gasteiger charge is -2.33. The van der Waals surface area contributed by atoms with Gasteiger partial charge in [-0.1, -0.05) is 95.0 Å². The molecule has 2 rings (SSSR count). The summed E-state index contributed by atoms with van der Waals surface area (Å²) < 4.78 is -2.17. The van der Waals surface area contributed by atoms with E-state index in [0.717, 1.165) is 0 Å². The van der Waals surface area contributed by atoms with Crippen molar-refractivity contribution in [2.75, 3.05) is 0 Å². The van der Waals surface area contributed by atoms with Gasteiger partial charge in [-0.25, -0.2) is 0 Å². The first-order chi connectivity index (χ1) is 10.2. The van der Waals surface area contributed by atoms with E-state index in [1.54, 1.807) is 48.6 Å². The van der Waals surface area contributed by atoms with E-state index in [2.05, 4.69) is 5.32 Å². The Labute approximate surface area is 147 Å². The summed E-state index contributed by atoms with van der Waals surface area (Å²) in [6.07, 6.45) is 6.36. The third kappa shape index (κ3) is 3.85. The summed E-state index contributed by atoms with van der Waals surface area (Å²) >= 11 is 23.0. The van der Waals surface area contributed by atoms with Gasteiger partial charge in [-0.05, 0) is 6.08 Å². The molecule has 0 aliphatic heterocycles. The molecule has 7 heteroatoms. The number of carbonyl (C=O) groups excluding carboxylic acids is 2. The van der Waals surface area contributed by atoms with Gasteiger partial charge in [-0.2, -0.15) is 0 Å². The van der Waals surface area contributed by atoms with E-state index < -0.39 is 20.6 Å². The Balaban J connectivity index is 2.29. The van der Waals surface area contributed by atoms with E-state index in [1.165, 1.54) is 6.08 Å². The van der Waals surface area contributed by atoms with Gasteiger partial charge < -0.3 is 5.32 Å². The Hall–Kier alpha value is -1.000. The van der Waals surface area contributed by atoms with Gasteiger partial charge in [-0.3, -0.25) is 9.59 Å². The highest BCUT2D eigenvalue weighted by Gasteiger charge is 2.44. The van der Waals surface area contributed by atoms with Crippen molar-refractivity contribution in [3.63, 3.8) is 0 Å². The number of amides is 1. The molecule has 0 saturated heterocycles. The zero-order valence-electron chi connectivity index (χ0n) is 11.1. The van der Waals surface area contributed by atoms with Gasteiger partial charge in [0.05, 0.1) is 5.92 Å². The average molecular weight is 379 g/mol. The molecule has 3 nitrogen and oxygen atoms in total. The van der Waals surface area contributed by atoms with Gasteiger partial charge in [0.25, 0.3) is 9.70 Å². The summed E-state index contributed by atoms with van der Waals surface area (Å²) in [4.78, 5) is 23.0. The van der Waals surface area contributed by atoms with Crippen LogP contribution in [0.15, 0.2) is 54.6 Å². The van der Waals surface area contributed by atoms with Crippen molar-refractivity contribution in [2.45, 2.75) is 8.79 Å². The maximum absolute atomic E-state index is 12.6. The highest BCUT2D eigenvalue weighted by Crippen LogP contribution is 2.34. The number of hydrogen-bond acceptors (Lipinski definition) is 2. The monoisotopic (exact) mass is 377 g/mol. The number of allylic oxidation sites excluding steroid dienone is 2. The first kappa shape index (κ1) is 17.4. The van der Waals surface area contributed by atoms with Crippen LogP contribution in [0.3, 0.4) is 0 Å². The number of rotatable bonds is 3. The molecule has 2 atom stereocenters. The molecule has 1 aliphatic carbocycles. The second-order valence-electron chi connectivity index (χ2n) is 4.67. The van der Waals surface area contributed by atoms with Crippen LogP contribution in [-0.2, 0) is 4.79 Å². The lowest BCUT2D eigenvalue weighted by Crippen LogP contribution is -2.53. The summed E-state index contributed by atoms with van der Waals surface area (Å²) in [6.45, 7) is 0. The highest BCUT2D eigenvalue weighted by atomic mass is 35.6. The Bertz CT molecular complexity index is 637. The molecule has 1 aromatic carbocycles. The van der Waals surface area contributed by atoms with Gasteiger partial charge in [0.2, 0.25) is 0 Å². The van der Waals surface area contributed by atoms with Crippen molar-refractivity contribution in [2.24, 2.45) is 5.92 Å². The largest absolute Gasteiger partial charge is 0.329 e. The zero-order chi connectivity index (χ0) is 16.4. The standard InChI is InChI=1S/C15H11Cl4NO2/c16-14(20-13(22)15(17,18)19)9-5-4-8-11(14)12(21)10-6-2-1-3-7-10/h1-9,11H,(H,20,22). The van der Waals surface area contributed by atoms with Gasteiger partial charge in [0.15, 0.2) is 5.78 Å². The second-order valence-corrected chi connectivity index (χ2v) is 7.58. The van der Waals surface area contributed by atoms with Crippen molar-refractivity contribution < 1.29 is 9.59 Å². The first-order valence-electron chi connectivity index (χ1n) is 6.27. The molecule has 22 heavy (non-hydrogen) atoms. The predicted molar refractivity (Wildman–Crippen MR) is 89.6 cm³/mol. The molecule has 1 aromatic rings. The molecule has 0 aromatic heterocycles. The number of ketones is 1. The molecule has 0 bridgehead atoms. The fourth-order valence-corrected chi connectivity index (χ4v) is 2.51. The van der Waals surface area contributed by atoms with Gasteiger partial charge >= 0.3 is 0 Å². The third-order valence-electron chi connectivity index (χ3n) is 3.11. The van der Waals surface area contributed by atoms with Crippen LogP contribution >= 0.6 is 46.4 Å². The summed E-state index contributed by atoms with van der Waals surface area (Å²) in [5.74, 6) is -1.98. The topological polar surface area (TPSA) is 46.2 Å². The zero-order valence-corrected chi connectivity index (χ0v) is 14.1. The average Bonchev–Trinajstić information content (AvgIpc) is 2.46. The number of benzene rings is 1. The van der Waals surface area contributed by atoms with Crippen LogP contribution in [0.4, 0.5) is 0 Å². The molecule has 1 N–H and O–H groups in total. The molecule has 1 amide bonds. The Morgan fingerprint density at radius 1 is 1.09 bits per heavy atom. The molecular formula is C15H11Cl4NO2. The summed E-state index contributed by atoms with van der Waals surface area (Å²) in [7, 11) is 0. The van der Waals surface area contributed by atoms with Crippen LogP contribution in [0.2, 0.25) is 0 Å². The molecule has 2 unspecified atom stereocenters. The van der Waals surface area contributed by atoms with Crippen molar-refractivity contribution in [3.8, 4) is 0 Å². The molecule has 0 spiro atoms. The molecule has 0 saturated carbocycles. The van der Waals surface area contributed by atoms with E-state index in [0.29, 0.717) is 5.56 Å². The van der Waals surface area contributed by atoms with Gasteiger partial charge in [0, 0.05) is 5.56 Å². The molecule has 0 fully saturated rings. The van der Waals surface area contributed by atoms with E-state index in [9.17, 15) is 9.59 Å². The Morgan fingerprint density at radius 3 is 2.32 bits per heavy atom. The minimum atomic E-state index is -2.17. The molecule has 1 aliphatic rings. The van der Waals surface area contributed by atoms with Crippen LogP contribution in [-0.4, -0.2) is 20.5 Å². The van der Waals surface area contributed by atoms with Crippen LogP contribution < -0.4 is 5.32 Å². The SMILES string of the molecule is O=C(c1ccccc1)C1C=CC=CC1(Cl)NC(=O)C(Cl)(Cl)Cl. The van der Waals surface area contributed by atoms with E-state index >= 15 is 0 Å². The van der Waals surface area contributed by atoms with E-state index in [4.69, 9.17) is 46.4 Å². The summed E-state index contributed by atoms with van der Waals surface area (Å²) in [6, 6.07) is 8.62. The first-order valence-corrected chi connectivity index (χ1v) is 7.79.